The average Bonchev–Trinajstić information content (AvgIpc) is 3.43. The number of halogens is 1. The van der Waals surface area contributed by atoms with E-state index in [0.717, 1.165) is 75.0 Å². The Morgan fingerprint density at radius 1 is 1.24 bits per heavy atom. The van der Waals surface area contributed by atoms with Crippen LogP contribution in [0.3, 0.4) is 0 Å². The molecule has 2 heterocycles. The lowest BCUT2D eigenvalue weighted by Crippen LogP contribution is -2.53. The van der Waals surface area contributed by atoms with Crippen molar-refractivity contribution in [3.63, 3.8) is 0 Å². The summed E-state index contributed by atoms with van der Waals surface area (Å²) in [4.78, 5) is 13.8. The number of anilines is 1. The van der Waals surface area contributed by atoms with Crippen molar-refractivity contribution in [3.8, 4) is 0 Å². The van der Waals surface area contributed by atoms with E-state index in [9.17, 15) is 0 Å². The highest BCUT2D eigenvalue weighted by Crippen LogP contribution is 2.30. The smallest absolute Gasteiger partial charge is 0.205 e. The van der Waals surface area contributed by atoms with E-state index in [1.165, 1.54) is 37.2 Å². The molecule has 2 aliphatic rings. The van der Waals surface area contributed by atoms with Gasteiger partial charge in [-0.15, -0.1) is 24.0 Å². The van der Waals surface area contributed by atoms with E-state index >= 15 is 0 Å². The normalized spacial score (nSPS) is 19.3. The van der Waals surface area contributed by atoms with Crippen LogP contribution in [0.4, 0.5) is 5.13 Å². The van der Waals surface area contributed by atoms with E-state index in [-0.39, 0.29) is 24.0 Å². The molecule has 7 nitrogen and oxygen atoms in total. The van der Waals surface area contributed by atoms with E-state index in [4.69, 9.17) is 4.74 Å². The molecule has 1 saturated heterocycles. The zero-order chi connectivity index (χ0) is 19.8. The van der Waals surface area contributed by atoms with Gasteiger partial charge in [-0.05, 0) is 32.1 Å². The number of aliphatic imine (C=N–C) groups is 1. The van der Waals surface area contributed by atoms with Crippen LogP contribution in [0.2, 0.25) is 0 Å². The summed E-state index contributed by atoms with van der Waals surface area (Å²) in [5, 5.41) is 4.62. The molecule has 1 unspecified atom stereocenters. The number of aromatic nitrogens is 2. The van der Waals surface area contributed by atoms with Crippen LogP contribution in [0.25, 0.3) is 0 Å². The number of aryl methyl sites for hydroxylation is 1. The molecule has 0 spiro atoms. The van der Waals surface area contributed by atoms with E-state index in [1.54, 1.807) is 0 Å². The topological polar surface area (TPSA) is 65.9 Å². The molecule has 0 aromatic carbocycles. The van der Waals surface area contributed by atoms with Crippen molar-refractivity contribution in [2.75, 3.05) is 51.3 Å². The number of piperazine rings is 1. The molecule has 9 heteroatoms. The van der Waals surface area contributed by atoms with Crippen molar-refractivity contribution in [1.82, 2.24) is 19.6 Å². The minimum atomic E-state index is 0. The van der Waals surface area contributed by atoms with Gasteiger partial charge in [0.05, 0.1) is 6.10 Å². The number of nitrogens with one attached hydrogen (secondary N) is 1. The van der Waals surface area contributed by atoms with Crippen LogP contribution in [-0.4, -0.2) is 72.7 Å². The molecular weight excluding hydrogens is 499 g/mol. The van der Waals surface area contributed by atoms with Crippen molar-refractivity contribution >= 4 is 46.6 Å². The fourth-order valence-electron chi connectivity index (χ4n) is 4.28. The molecule has 1 aliphatic heterocycles. The Hall–Kier alpha value is -0.680. The van der Waals surface area contributed by atoms with E-state index in [2.05, 4.69) is 43.3 Å². The lowest BCUT2D eigenvalue weighted by atomic mass is 9.98. The minimum absolute atomic E-state index is 0. The van der Waals surface area contributed by atoms with E-state index in [0.29, 0.717) is 6.10 Å². The van der Waals surface area contributed by atoms with Crippen molar-refractivity contribution in [1.29, 1.82) is 0 Å². The fraction of sp³-hybridized carbons (Fsp3) is 0.850. The van der Waals surface area contributed by atoms with Crippen molar-refractivity contribution < 1.29 is 4.74 Å². The number of ether oxygens (including phenoxy) is 1. The second kappa shape index (κ2) is 12.9. The maximum Gasteiger partial charge on any atom is 0.205 e. The van der Waals surface area contributed by atoms with Gasteiger partial charge >= 0.3 is 0 Å². The summed E-state index contributed by atoms with van der Waals surface area (Å²) >= 11 is 1.52. The van der Waals surface area contributed by atoms with Gasteiger partial charge in [-0.25, -0.2) is 4.98 Å². The summed E-state index contributed by atoms with van der Waals surface area (Å²) in [6, 6.07) is 0. The Labute approximate surface area is 196 Å². The molecule has 1 N–H and O–H groups in total. The van der Waals surface area contributed by atoms with E-state index in [1.807, 2.05) is 7.05 Å². The van der Waals surface area contributed by atoms with Gasteiger partial charge in [0.15, 0.2) is 5.96 Å². The molecule has 29 heavy (non-hydrogen) atoms. The first-order chi connectivity index (χ1) is 13.7. The van der Waals surface area contributed by atoms with Crippen molar-refractivity contribution in [2.24, 2.45) is 10.9 Å². The maximum atomic E-state index is 6.05. The first-order valence-corrected chi connectivity index (χ1v) is 11.7. The summed E-state index contributed by atoms with van der Waals surface area (Å²) in [6.07, 6.45) is 7.72. The van der Waals surface area contributed by atoms with Gasteiger partial charge in [-0.3, -0.25) is 4.99 Å². The summed E-state index contributed by atoms with van der Waals surface area (Å²) in [6.45, 7) is 9.77. The third-order valence-electron chi connectivity index (χ3n) is 5.85. The van der Waals surface area contributed by atoms with E-state index < -0.39 is 0 Å². The van der Waals surface area contributed by atoms with Crippen LogP contribution in [-0.2, 0) is 11.2 Å². The molecule has 0 radical (unpaired) electrons. The van der Waals surface area contributed by atoms with Gasteiger partial charge in [0.2, 0.25) is 5.13 Å². The molecule has 166 valence electrons. The van der Waals surface area contributed by atoms with Crippen LogP contribution >= 0.6 is 35.5 Å². The van der Waals surface area contributed by atoms with Crippen LogP contribution < -0.4 is 10.2 Å². The standard InChI is InChI=1S/C20H36N6OS.HI/c1-4-18-23-20(28-24-18)26-14-12-25(13-15-26)19(21-3)22-11-10-17(27-5-2)16-8-6-7-9-16;/h16-17H,4-15H2,1-3H3,(H,21,22);1H. The number of hydrogen-bond acceptors (Lipinski definition) is 6. The maximum absolute atomic E-state index is 6.05. The molecule has 1 aliphatic carbocycles. The van der Waals surface area contributed by atoms with Crippen LogP contribution in [0.5, 0.6) is 0 Å². The number of rotatable bonds is 8. The van der Waals surface area contributed by atoms with Gasteiger partial charge in [-0.1, -0.05) is 19.8 Å². The Morgan fingerprint density at radius 2 is 1.97 bits per heavy atom. The highest BCUT2D eigenvalue weighted by Gasteiger charge is 2.26. The molecule has 1 atom stereocenters. The van der Waals surface area contributed by atoms with Crippen LogP contribution in [0.15, 0.2) is 4.99 Å². The molecule has 3 rings (SSSR count). The van der Waals surface area contributed by atoms with Gasteiger partial charge in [-0.2, -0.15) is 4.37 Å². The highest BCUT2D eigenvalue weighted by molar-refractivity contribution is 14.0. The SMILES string of the molecule is CCOC(CCNC(=NC)N1CCN(c2nc(CC)ns2)CC1)C1CCCC1.I. The van der Waals surface area contributed by atoms with Gasteiger partial charge in [0.25, 0.3) is 0 Å². The first-order valence-electron chi connectivity index (χ1n) is 10.9. The Kier molecular flexibility index (Phi) is 10.9. The summed E-state index contributed by atoms with van der Waals surface area (Å²) in [5.74, 6) is 2.70. The summed E-state index contributed by atoms with van der Waals surface area (Å²) < 4.78 is 10.5. The Balaban J connectivity index is 0.00000300. The second-order valence-corrected chi connectivity index (χ2v) is 8.35. The third-order valence-corrected chi connectivity index (χ3v) is 6.67. The third kappa shape index (κ3) is 6.92. The fourth-order valence-corrected chi connectivity index (χ4v) is 5.08. The molecule has 1 aromatic heterocycles. The Morgan fingerprint density at radius 3 is 2.55 bits per heavy atom. The van der Waals surface area contributed by atoms with Crippen LogP contribution in [0.1, 0.15) is 51.8 Å². The predicted octanol–water partition coefficient (Wildman–Crippen LogP) is 3.40. The van der Waals surface area contributed by atoms with Crippen molar-refractivity contribution in [2.45, 2.75) is 58.5 Å². The lowest BCUT2D eigenvalue weighted by Gasteiger charge is -2.36. The number of hydrogen-bond donors (Lipinski definition) is 1. The lowest BCUT2D eigenvalue weighted by molar-refractivity contribution is 0.0168. The largest absolute Gasteiger partial charge is 0.378 e. The van der Waals surface area contributed by atoms with Gasteiger partial charge in [0.1, 0.15) is 5.82 Å². The number of nitrogens with zero attached hydrogens (tertiary/aromatic N) is 5. The van der Waals surface area contributed by atoms with Gasteiger partial charge in [0, 0.05) is 64.3 Å². The molecular formula is C20H37IN6OS. The summed E-state index contributed by atoms with van der Waals surface area (Å²) in [5.41, 5.74) is 0. The molecule has 1 aromatic rings. The predicted molar refractivity (Wildman–Crippen MR) is 132 cm³/mol. The zero-order valence-electron chi connectivity index (χ0n) is 18.1. The molecule has 0 bridgehead atoms. The highest BCUT2D eigenvalue weighted by atomic mass is 127. The Bertz CT molecular complexity index is 614. The quantitative estimate of drug-likeness (QED) is 0.312. The van der Waals surface area contributed by atoms with Crippen molar-refractivity contribution in [3.05, 3.63) is 5.82 Å². The second-order valence-electron chi connectivity index (χ2n) is 7.62. The first kappa shape index (κ1) is 24.6. The van der Waals surface area contributed by atoms with Crippen LogP contribution in [0, 0.1) is 5.92 Å². The number of guanidine groups is 1. The van der Waals surface area contributed by atoms with Gasteiger partial charge < -0.3 is 19.9 Å². The minimum Gasteiger partial charge on any atom is -0.378 e. The summed E-state index contributed by atoms with van der Waals surface area (Å²) in [7, 11) is 1.88. The molecule has 1 saturated carbocycles. The molecule has 0 amide bonds. The molecule has 2 fully saturated rings. The zero-order valence-corrected chi connectivity index (χ0v) is 21.2. The average molecular weight is 537 g/mol. The monoisotopic (exact) mass is 536 g/mol.